The molecule has 0 saturated heterocycles. The summed E-state index contributed by atoms with van der Waals surface area (Å²) in [5, 5.41) is -0.586. The maximum atomic E-state index is 12.7. The predicted octanol–water partition coefficient (Wildman–Crippen LogP) is 2.96. The van der Waals surface area contributed by atoms with Gasteiger partial charge in [0.2, 0.25) is 0 Å². The Bertz CT molecular complexity index is 277. The second kappa shape index (κ2) is 2.95. The fourth-order valence-electron chi connectivity index (χ4n) is 0.591. The van der Waals surface area contributed by atoms with Crippen molar-refractivity contribution in [3.8, 4) is 0 Å². The molecule has 11 heavy (non-hydrogen) atoms. The summed E-state index contributed by atoms with van der Waals surface area (Å²) in [6, 6.07) is 1.12. The van der Waals surface area contributed by atoms with Gasteiger partial charge in [-0.25, -0.2) is 8.78 Å². The van der Waals surface area contributed by atoms with Crippen molar-refractivity contribution in [1.82, 2.24) is 0 Å². The molecule has 5 heteroatoms. The Kier molecular flexibility index (Phi) is 2.34. The quantitative estimate of drug-likeness (QED) is 0.422. The van der Waals surface area contributed by atoms with Crippen LogP contribution < -0.4 is 5.73 Å². The van der Waals surface area contributed by atoms with Gasteiger partial charge in [-0.3, -0.25) is 0 Å². The van der Waals surface area contributed by atoms with Crippen molar-refractivity contribution < 1.29 is 8.78 Å². The number of nitrogen functional groups attached to an aromatic ring is 1. The highest BCUT2D eigenvalue weighted by atomic mass is 79.9. The molecule has 0 fully saturated rings. The van der Waals surface area contributed by atoms with Gasteiger partial charge >= 0.3 is 0 Å². The van der Waals surface area contributed by atoms with E-state index < -0.39 is 16.7 Å². The number of benzene rings is 1. The monoisotopic (exact) mass is 241 g/mol. The Morgan fingerprint density at radius 2 is 1.91 bits per heavy atom. The maximum Gasteiger partial charge on any atom is 0.167 e. The third-order valence-corrected chi connectivity index (χ3v) is 2.04. The zero-order valence-corrected chi connectivity index (χ0v) is 7.51. The molecule has 60 valence electrons. The summed E-state index contributed by atoms with van der Waals surface area (Å²) < 4.78 is 25.4. The van der Waals surface area contributed by atoms with Crippen LogP contribution in [-0.4, -0.2) is 0 Å². The first kappa shape index (κ1) is 8.74. The lowest BCUT2D eigenvalue weighted by Gasteiger charge is -2.01. The maximum absolute atomic E-state index is 12.7. The van der Waals surface area contributed by atoms with Crippen molar-refractivity contribution in [1.29, 1.82) is 0 Å². The fraction of sp³-hybridized carbons (Fsp3) is 0. The van der Waals surface area contributed by atoms with E-state index in [9.17, 15) is 8.78 Å². The number of anilines is 1. The molecule has 0 aliphatic rings. The standard InChI is InChI=1S/C6H3BrClF2N/c7-2-1-3(11)6(10)4(8)5(2)9/h1H,11H2. The lowest BCUT2D eigenvalue weighted by atomic mass is 10.3. The molecule has 0 amide bonds. The lowest BCUT2D eigenvalue weighted by Crippen LogP contribution is -1.94. The number of halogens is 4. The lowest BCUT2D eigenvalue weighted by molar-refractivity contribution is 0.583. The molecule has 1 rings (SSSR count). The molecule has 0 radical (unpaired) electrons. The van der Waals surface area contributed by atoms with Crippen LogP contribution in [0.2, 0.25) is 5.02 Å². The molecule has 0 unspecified atom stereocenters. The van der Waals surface area contributed by atoms with Gasteiger partial charge in [-0.2, -0.15) is 0 Å². The minimum absolute atomic E-state index is 0.0569. The van der Waals surface area contributed by atoms with Crippen molar-refractivity contribution in [2.75, 3.05) is 5.73 Å². The average molecular weight is 242 g/mol. The Morgan fingerprint density at radius 3 is 2.45 bits per heavy atom. The molecular formula is C6H3BrClF2N. The normalized spacial score (nSPS) is 10.2. The van der Waals surface area contributed by atoms with E-state index in [-0.39, 0.29) is 10.2 Å². The van der Waals surface area contributed by atoms with Gasteiger partial charge < -0.3 is 5.73 Å². The van der Waals surface area contributed by atoms with Crippen LogP contribution in [0, 0.1) is 11.6 Å². The molecule has 0 bridgehead atoms. The van der Waals surface area contributed by atoms with Crippen LogP contribution >= 0.6 is 27.5 Å². The summed E-state index contributed by atoms with van der Waals surface area (Å²) in [4.78, 5) is 0. The van der Waals surface area contributed by atoms with Crippen LogP contribution in [0.5, 0.6) is 0 Å². The molecular weight excluding hydrogens is 239 g/mol. The summed E-state index contributed by atoms with van der Waals surface area (Å²) in [5.74, 6) is -1.76. The molecule has 0 spiro atoms. The minimum atomic E-state index is -0.924. The van der Waals surface area contributed by atoms with Gasteiger partial charge in [-0.15, -0.1) is 0 Å². The number of hydrogen-bond donors (Lipinski definition) is 1. The van der Waals surface area contributed by atoms with Crippen molar-refractivity contribution >= 4 is 33.2 Å². The van der Waals surface area contributed by atoms with Gasteiger partial charge in [0.15, 0.2) is 11.6 Å². The molecule has 2 N–H and O–H groups in total. The van der Waals surface area contributed by atoms with Crippen molar-refractivity contribution in [3.05, 3.63) is 27.2 Å². The SMILES string of the molecule is Nc1cc(Br)c(F)c(Cl)c1F. The van der Waals surface area contributed by atoms with E-state index in [2.05, 4.69) is 15.9 Å². The number of nitrogens with two attached hydrogens (primary N) is 1. The molecule has 0 aliphatic carbocycles. The van der Waals surface area contributed by atoms with Gasteiger partial charge in [-0.05, 0) is 22.0 Å². The van der Waals surface area contributed by atoms with Gasteiger partial charge in [0.05, 0.1) is 10.2 Å². The van der Waals surface area contributed by atoms with E-state index in [4.69, 9.17) is 17.3 Å². The molecule has 0 aromatic heterocycles. The van der Waals surface area contributed by atoms with E-state index in [1.165, 1.54) is 0 Å². The largest absolute Gasteiger partial charge is 0.396 e. The van der Waals surface area contributed by atoms with Crippen molar-refractivity contribution in [2.45, 2.75) is 0 Å². The summed E-state index contributed by atoms with van der Waals surface area (Å²) in [6.07, 6.45) is 0. The summed E-state index contributed by atoms with van der Waals surface area (Å²) in [6.45, 7) is 0. The van der Waals surface area contributed by atoms with Crippen LogP contribution in [0.3, 0.4) is 0 Å². The topological polar surface area (TPSA) is 26.0 Å². The minimum Gasteiger partial charge on any atom is -0.396 e. The van der Waals surface area contributed by atoms with E-state index >= 15 is 0 Å². The van der Waals surface area contributed by atoms with Gasteiger partial charge in [-0.1, -0.05) is 11.6 Å². The summed E-state index contributed by atoms with van der Waals surface area (Å²) >= 11 is 8.05. The molecule has 1 nitrogen and oxygen atoms in total. The first-order valence-electron chi connectivity index (χ1n) is 2.62. The highest BCUT2D eigenvalue weighted by Gasteiger charge is 2.13. The zero-order chi connectivity index (χ0) is 8.59. The molecule has 0 aliphatic heterocycles. The van der Waals surface area contributed by atoms with E-state index in [0.29, 0.717) is 0 Å². The Labute approximate surface area is 75.3 Å². The number of hydrogen-bond acceptors (Lipinski definition) is 1. The van der Waals surface area contributed by atoms with E-state index in [0.717, 1.165) is 6.07 Å². The smallest absolute Gasteiger partial charge is 0.167 e. The Hall–Kier alpha value is -0.350. The second-order valence-corrected chi connectivity index (χ2v) is 3.12. The first-order valence-corrected chi connectivity index (χ1v) is 3.79. The van der Waals surface area contributed by atoms with Crippen LogP contribution in [0.1, 0.15) is 0 Å². The summed E-state index contributed by atoms with van der Waals surface area (Å²) in [7, 11) is 0. The molecule has 1 aromatic rings. The van der Waals surface area contributed by atoms with E-state index in [1.807, 2.05) is 0 Å². The zero-order valence-electron chi connectivity index (χ0n) is 5.17. The average Bonchev–Trinajstić information content (AvgIpc) is 1.97. The molecule has 0 atom stereocenters. The third-order valence-electron chi connectivity index (χ3n) is 1.13. The molecule has 1 aromatic carbocycles. The predicted molar refractivity (Wildman–Crippen MR) is 43.5 cm³/mol. The highest BCUT2D eigenvalue weighted by Crippen LogP contribution is 2.29. The van der Waals surface area contributed by atoms with Crippen LogP contribution in [0.15, 0.2) is 10.5 Å². The Balaban J connectivity index is 3.46. The van der Waals surface area contributed by atoms with Crippen molar-refractivity contribution in [2.24, 2.45) is 0 Å². The number of rotatable bonds is 0. The second-order valence-electron chi connectivity index (χ2n) is 1.89. The van der Waals surface area contributed by atoms with E-state index in [1.54, 1.807) is 0 Å². The van der Waals surface area contributed by atoms with Gasteiger partial charge in [0, 0.05) is 0 Å². The van der Waals surface area contributed by atoms with Gasteiger partial charge in [0.1, 0.15) is 5.02 Å². The fourth-order valence-corrected chi connectivity index (χ4v) is 1.36. The van der Waals surface area contributed by atoms with Gasteiger partial charge in [0.25, 0.3) is 0 Å². The van der Waals surface area contributed by atoms with Crippen LogP contribution in [0.25, 0.3) is 0 Å². The Morgan fingerprint density at radius 1 is 1.36 bits per heavy atom. The van der Waals surface area contributed by atoms with Crippen LogP contribution in [0.4, 0.5) is 14.5 Å². The third kappa shape index (κ3) is 1.46. The highest BCUT2D eigenvalue weighted by molar-refractivity contribution is 9.10. The van der Waals surface area contributed by atoms with Crippen molar-refractivity contribution in [3.63, 3.8) is 0 Å². The first-order chi connectivity index (χ1) is 5.04. The van der Waals surface area contributed by atoms with Crippen LogP contribution in [-0.2, 0) is 0 Å². The molecule has 0 heterocycles. The molecule has 0 saturated carbocycles. The summed E-state index contributed by atoms with van der Waals surface area (Å²) in [5.41, 5.74) is 4.96.